The normalized spacial score (nSPS) is 12.9. The van der Waals surface area contributed by atoms with Crippen molar-refractivity contribution in [1.82, 2.24) is 10.2 Å². The first kappa shape index (κ1) is 21.3. The van der Waals surface area contributed by atoms with Crippen LogP contribution in [0, 0.1) is 0 Å². The zero-order valence-corrected chi connectivity index (χ0v) is 18.6. The third-order valence-electron chi connectivity index (χ3n) is 5.92. The van der Waals surface area contributed by atoms with E-state index in [1.165, 1.54) is 32.7 Å². The quantitative estimate of drug-likeness (QED) is 0.316. The molecule has 2 nitrogen and oxygen atoms in total. The highest BCUT2D eigenvalue weighted by Gasteiger charge is 2.04. The Hall–Kier alpha value is -2.94. The van der Waals surface area contributed by atoms with E-state index in [2.05, 4.69) is 121 Å². The molecule has 0 fully saturated rings. The van der Waals surface area contributed by atoms with E-state index < -0.39 is 0 Å². The van der Waals surface area contributed by atoms with Crippen LogP contribution in [0.1, 0.15) is 24.5 Å². The lowest BCUT2D eigenvalue weighted by atomic mass is 10.0. The topological polar surface area (TPSA) is 15.3 Å². The first-order chi connectivity index (χ1) is 15.2. The van der Waals surface area contributed by atoms with Gasteiger partial charge in [-0.25, -0.2) is 0 Å². The van der Waals surface area contributed by atoms with Crippen molar-refractivity contribution in [3.63, 3.8) is 0 Å². The Kier molecular flexibility index (Phi) is 7.14. The lowest BCUT2D eigenvalue weighted by molar-refractivity contribution is 0.334. The lowest BCUT2D eigenvalue weighted by Crippen LogP contribution is -2.23. The number of hydrogen-bond acceptors (Lipinski definition) is 2. The van der Waals surface area contributed by atoms with Crippen molar-refractivity contribution in [2.45, 2.75) is 32.5 Å². The molecular formula is C29H32N2. The molecule has 31 heavy (non-hydrogen) atoms. The molecule has 2 heteroatoms. The summed E-state index contributed by atoms with van der Waals surface area (Å²) in [6, 6.07) is 30.7. The van der Waals surface area contributed by atoms with Gasteiger partial charge < -0.3 is 10.2 Å². The molecule has 0 saturated heterocycles. The van der Waals surface area contributed by atoms with Gasteiger partial charge in [-0.1, -0.05) is 97.1 Å². The van der Waals surface area contributed by atoms with Gasteiger partial charge in [-0.05, 0) is 53.1 Å². The average molecular weight is 409 g/mol. The summed E-state index contributed by atoms with van der Waals surface area (Å²) in [4.78, 5) is 2.40. The van der Waals surface area contributed by atoms with Gasteiger partial charge in [0.15, 0.2) is 0 Å². The van der Waals surface area contributed by atoms with E-state index in [0.717, 1.165) is 26.1 Å². The van der Waals surface area contributed by atoms with Crippen molar-refractivity contribution in [3.8, 4) is 0 Å². The first-order valence-corrected chi connectivity index (χ1v) is 11.2. The maximum Gasteiger partial charge on any atom is 0.0236 e. The maximum absolute atomic E-state index is 3.64. The van der Waals surface area contributed by atoms with Crippen LogP contribution in [0.4, 0.5) is 0 Å². The zero-order valence-electron chi connectivity index (χ0n) is 18.6. The van der Waals surface area contributed by atoms with Gasteiger partial charge in [-0.2, -0.15) is 0 Å². The highest BCUT2D eigenvalue weighted by molar-refractivity contribution is 5.86. The Balaban J connectivity index is 1.25. The monoisotopic (exact) mass is 408 g/mol. The number of benzene rings is 4. The molecule has 4 aromatic rings. The molecule has 0 aliphatic heterocycles. The third kappa shape index (κ3) is 5.61. The van der Waals surface area contributed by atoms with Gasteiger partial charge in [-0.3, -0.25) is 0 Å². The van der Waals surface area contributed by atoms with Crippen LogP contribution >= 0.6 is 0 Å². The summed E-state index contributed by atoms with van der Waals surface area (Å²) in [6.07, 6.45) is 5.65. The smallest absolute Gasteiger partial charge is 0.0236 e. The predicted octanol–water partition coefficient (Wildman–Crippen LogP) is 6.55. The fraction of sp³-hybridized carbons (Fsp3) is 0.241. The summed E-state index contributed by atoms with van der Waals surface area (Å²) in [5, 5.41) is 8.96. The van der Waals surface area contributed by atoms with Gasteiger partial charge in [0.05, 0.1) is 0 Å². The minimum absolute atomic E-state index is 0.349. The highest BCUT2D eigenvalue weighted by Crippen LogP contribution is 2.20. The summed E-state index contributed by atoms with van der Waals surface area (Å²) in [7, 11) is 2.21. The molecule has 0 saturated carbocycles. The molecule has 1 unspecified atom stereocenters. The fourth-order valence-corrected chi connectivity index (χ4v) is 4.18. The van der Waals surface area contributed by atoms with E-state index in [-0.39, 0.29) is 0 Å². The molecule has 0 aromatic heterocycles. The molecule has 0 aliphatic carbocycles. The summed E-state index contributed by atoms with van der Waals surface area (Å²) >= 11 is 0. The second kappa shape index (κ2) is 10.4. The number of rotatable bonds is 9. The van der Waals surface area contributed by atoms with Crippen LogP contribution in [-0.2, 0) is 13.1 Å². The van der Waals surface area contributed by atoms with Crippen LogP contribution in [0.15, 0.2) is 97.1 Å². The minimum atomic E-state index is 0.349. The van der Waals surface area contributed by atoms with Crippen molar-refractivity contribution in [3.05, 3.63) is 108 Å². The van der Waals surface area contributed by atoms with Crippen LogP contribution in [0.3, 0.4) is 0 Å². The first-order valence-electron chi connectivity index (χ1n) is 11.2. The molecule has 0 spiro atoms. The van der Waals surface area contributed by atoms with Crippen molar-refractivity contribution in [2.24, 2.45) is 0 Å². The molecular weight excluding hydrogens is 376 g/mol. The Labute approximate surface area is 186 Å². The summed E-state index contributed by atoms with van der Waals surface area (Å²) in [5.74, 6) is 0. The molecule has 0 bridgehead atoms. The van der Waals surface area contributed by atoms with Gasteiger partial charge in [-0.15, -0.1) is 0 Å². The van der Waals surface area contributed by atoms with Crippen molar-refractivity contribution < 1.29 is 0 Å². The molecule has 0 heterocycles. The van der Waals surface area contributed by atoms with E-state index >= 15 is 0 Å². The molecule has 0 radical (unpaired) electrons. The van der Waals surface area contributed by atoms with E-state index in [1.54, 1.807) is 0 Å². The van der Waals surface area contributed by atoms with Crippen molar-refractivity contribution >= 4 is 21.5 Å². The zero-order chi connectivity index (χ0) is 21.5. The molecule has 1 atom stereocenters. The van der Waals surface area contributed by atoms with E-state index in [1.807, 2.05) is 0 Å². The molecule has 4 aromatic carbocycles. The Morgan fingerprint density at radius 3 is 2.06 bits per heavy atom. The standard InChI is InChI=1S/C29H32N2/c1-23(30-21-26-16-9-14-24-12-3-5-18-28(24)26)11-7-8-20-31(2)22-27-17-10-15-25-13-4-6-19-29(25)27/h3-7,9-19,23,30H,8,20-22H2,1-2H3. The number of nitrogens with one attached hydrogen (secondary N) is 1. The summed E-state index contributed by atoms with van der Waals surface area (Å²) in [5.41, 5.74) is 2.75. The molecule has 0 aliphatic rings. The second-order valence-corrected chi connectivity index (χ2v) is 8.40. The Bertz CT molecular complexity index is 1150. The third-order valence-corrected chi connectivity index (χ3v) is 5.92. The SMILES string of the molecule is CC(C=CCCN(C)Cc1cccc2ccccc12)NCc1cccc2ccccc12. The van der Waals surface area contributed by atoms with Gasteiger partial charge >= 0.3 is 0 Å². The number of hydrogen-bond donors (Lipinski definition) is 1. The molecule has 1 N–H and O–H groups in total. The second-order valence-electron chi connectivity index (χ2n) is 8.40. The van der Waals surface area contributed by atoms with Crippen molar-refractivity contribution in [1.29, 1.82) is 0 Å². The van der Waals surface area contributed by atoms with Gasteiger partial charge in [0.1, 0.15) is 0 Å². The van der Waals surface area contributed by atoms with Gasteiger partial charge in [0, 0.05) is 25.7 Å². The van der Waals surface area contributed by atoms with Crippen LogP contribution in [0.5, 0.6) is 0 Å². The lowest BCUT2D eigenvalue weighted by Gasteiger charge is -2.17. The average Bonchev–Trinajstić information content (AvgIpc) is 2.81. The van der Waals surface area contributed by atoms with E-state index in [0.29, 0.717) is 6.04 Å². The van der Waals surface area contributed by atoms with Crippen LogP contribution in [0.25, 0.3) is 21.5 Å². The highest BCUT2D eigenvalue weighted by atomic mass is 15.1. The Morgan fingerprint density at radius 2 is 1.35 bits per heavy atom. The minimum Gasteiger partial charge on any atom is -0.307 e. The summed E-state index contributed by atoms with van der Waals surface area (Å²) in [6.45, 7) is 5.13. The number of nitrogens with zero attached hydrogens (tertiary/aromatic N) is 1. The largest absolute Gasteiger partial charge is 0.307 e. The van der Waals surface area contributed by atoms with Gasteiger partial charge in [0.2, 0.25) is 0 Å². The van der Waals surface area contributed by atoms with Gasteiger partial charge in [0.25, 0.3) is 0 Å². The van der Waals surface area contributed by atoms with E-state index in [4.69, 9.17) is 0 Å². The molecule has 0 amide bonds. The molecule has 158 valence electrons. The number of fused-ring (bicyclic) bond motifs is 2. The molecule has 4 rings (SSSR count). The maximum atomic E-state index is 3.64. The Morgan fingerprint density at radius 1 is 0.774 bits per heavy atom. The van der Waals surface area contributed by atoms with Crippen LogP contribution < -0.4 is 5.32 Å². The van der Waals surface area contributed by atoms with Crippen LogP contribution in [0.2, 0.25) is 0 Å². The summed E-state index contributed by atoms with van der Waals surface area (Å²) < 4.78 is 0. The predicted molar refractivity (Wildman–Crippen MR) is 134 cm³/mol. The van der Waals surface area contributed by atoms with Crippen molar-refractivity contribution in [2.75, 3.05) is 13.6 Å². The fourth-order valence-electron chi connectivity index (χ4n) is 4.18. The van der Waals surface area contributed by atoms with Crippen LogP contribution in [-0.4, -0.2) is 24.5 Å². The van der Waals surface area contributed by atoms with E-state index in [9.17, 15) is 0 Å².